The van der Waals surface area contributed by atoms with E-state index in [1.165, 1.54) is 6.07 Å². The van der Waals surface area contributed by atoms with Crippen molar-refractivity contribution in [3.05, 3.63) is 75.0 Å². The lowest BCUT2D eigenvalue weighted by Crippen LogP contribution is -2.42. The Kier molecular flexibility index (Phi) is 5.99. The number of amides is 1. The van der Waals surface area contributed by atoms with Crippen molar-refractivity contribution in [1.82, 2.24) is 10.3 Å². The number of hydrogen-bond donors (Lipinski definition) is 4. The summed E-state index contributed by atoms with van der Waals surface area (Å²) < 4.78 is 11.3. The number of carbonyl (C=O) groups excluding carboxylic acids is 1. The molecule has 0 aliphatic carbocycles. The maximum Gasteiger partial charge on any atom is 0.339 e. The summed E-state index contributed by atoms with van der Waals surface area (Å²) in [6, 6.07) is 5.52. The van der Waals surface area contributed by atoms with E-state index in [-0.39, 0.29) is 25.0 Å². The molecule has 37 heavy (non-hydrogen) atoms. The first kappa shape index (κ1) is 24.2. The van der Waals surface area contributed by atoms with Crippen LogP contribution in [0.15, 0.2) is 50.4 Å². The highest BCUT2D eigenvalue weighted by molar-refractivity contribution is 5.99. The zero-order valence-electron chi connectivity index (χ0n) is 20.6. The molecule has 9 nitrogen and oxygen atoms in total. The number of hydrogen-bond acceptors (Lipinski definition) is 6. The van der Waals surface area contributed by atoms with Gasteiger partial charge >= 0.3 is 11.6 Å². The summed E-state index contributed by atoms with van der Waals surface area (Å²) in [6.45, 7) is 5.60. The molecule has 3 heterocycles. The number of benzene rings is 2. The van der Waals surface area contributed by atoms with Gasteiger partial charge in [-0.3, -0.25) is 4.79 Å². The summed E-state index contributed by atoms with van der Waals surface area (Å²) in [4.78, 5) is 40.5. The van der Waals surface area contributed by atoms with Crippen LogP contribution in [0.4, 0.5) is 0 Å². The molecule has 9 heteroatoms. The van der Waals surface area contributed by atoms with E-state index in [1.807, 2.05) is 26.8 Å². The number of fused-ring (bicyclic) bond motifs is 3. The number of carboxylic acids is 1. The first-order valence-corrected chi connectivity index (χ1v) is 11.9. The van der Waals surface area contributed by atoms with E-state index in [0.717, 1.165) is 33.0 Å². The van der Waals surface area contributed by atoms with Crippen molar-refractivity contribution >= 4 is 44.7 Å². The molecule has 1 amide bonds. The highest BCUT2D eigenvalue weighted by Crippen LogP contribution is 2.32. The minimum atomic E-state index is -1.18. The van der Waals surface area contributed by atoms with Crippen molar-refractivity contribution in [3.63, 3.8) is 0 Å². The van der Waals surface area contributed by atoms with Gasteiger partial charge in [0.25, 0.3) is 0 Å². The van der Waals surface area contributed by atoms with Crippen LogP contribution in [0.5, 0.6) is 5.75 Å². The number of aromatic amines is 1. The van der Waals surface area contributed by atoms with E-state index in [0.29, 0.717) is 27.7 Å². The van der Waals surface area contributed by atoms with Crippen LogP contribution in [0.3, 0.4) is 0 Å². The molecule has 0 saturated carbocycles. The number of aromatic hydroxyl groups is 1. The Morgan fingerprint density at radius 1 is 1.05 bits per heavy atom. The summed E-state index contributed by atoms with van der Waals surface area (Å²) in [5.41, 5.74) is 4.80. The van der Waals surface area contributed by atoms with Gasteiger partial charge in [-0.1, -0.05) is 0 Å². The van der Waals surface area contributed by atoms with Crippen molar-refractivity contribution in [2.45, 2.75) is 46.1 Å². The summed E-state index contributed by atoms with van der Waals surface area (Å²) in [6.07, 6.45) is 3.37. The highest BCUT2D eigenvalue weighted by atomic mass is 16.4. The van der Waals surface area contributed by atoms with Crippen LogP contribution in [0.1, 0.15) is 34.2 Å². The lowest BCUT2D eigenvalue weighted by molar-refractivity contribution is -0.141. The molecule has 0 saturated heterocycles. The van der Waals surface area contributed by atoms with Gasteiger partial charge in [0, 0.05) is 51.8 Å². The SMILES string of the molecule is Cc1coc2c(C)c3oc(=O)c(CCC(=O)NC(Cc4c[nH]c5ccc(O)cc45)C(=O)O)c(C)c3cc12. The Morgan fingerprint density at radius 3 is 2.59 bits per heavy atom. The van der Waals surface area contributed by atoms with Crippen molar-refractivity contribution in [2.24, 2.45) is 0 Å². The van der Waals surface area contributed by atoms with E-state index in [4.69, 9.17) is 8.83 Å². The van der Waals surface area contributed by atoms with Gasteiger partial charge in [-0.2, -0.15) is 0 Å². The molecule has 2 aromatic carbocycles. The minimum Gasteiger partial charge on any atom is -0.508 e. The summed E-state index contributed by atoms with van der Waals surface area (Å²) in [5.74, 6) is -1.61. The van der Waals surface area contributed by atoms with Gasteiger partial charge in [-0.25, -0.2) is 9.59 Å². The molecule has 0 spiro atoms. The molecule has 0 aliphatic heterocycles. The van der Waals surface area contributed by atoms with E-state index in [9.17, 15) is 24.6 Å². The Hall–Kier alpha value is -4.53. The lowest BCUT2D eigenvalue weighted by Gasteiger charge is -2.15. The van der Waals surface area contributed by atoms with Crippen LogP contribution < -0.4 is 10.9 Å². The molecule has 0 bridgehead atoms. The van der Waals surface area contributed by atoms with Crippen molar-refractivity contribution < 1.29 is 28.6 Å². The predicted molar refractivity (Wildman–Crippen MR) is 138 cm³/mol. The molecule has 0 aliphatic rings. The number of nitrogens with one attached hydrogen (secondary N) is 2. The molecule has 1 unspecified atom stereocenters. The van der Waals surface area contributed by atoms with E-state index in [1.54, 1.807) is 24.6 Å². The first-order valence-electron chi connectivity index (χ1n) is 11.9. The highest BCUT2D eigenvalue weighted by Gasteiger charge is 2.23. The fourth-order valence-electron chi connectivity index (χ4n) is 4.87. The van der Waals surface area contributed by atoms with Crippen LogP contribution in [-0.2, 0) is 22.4 Å². The zero-order chi connectivity index (χ0) is 26.4. The molecule has 1 atom stereocenters. The topological polar surface area (TPSA) is 146 Å². The smallest absolute Gasteiger partial charge is 0.339 e. The molecule has 3 aromatic heterocycles. The van der Waals surface area contributed by atoms with Gasteiger partial charge in [0.05, 0.1) is 6.26 Å². The zero-order valence-corrected chi connectivity index (χ0v) is 20.6. The first-order chi connectivity index (χ1) is 17.6. The lowest BCUT2D eigenvalue weighted by atomic mass is 9.98. The average molecular weight is 503 g/mol. The number of phenolic OH excluding ortho intramolecular Hbond substituents is 1. The second-order valence-electron chi connectivity index (χ2n) is 9.37. The van der Waals surface area contributed by atoms with Crippen LogP contribution in [0, 0.1) is 20.8 Å². The number of phenols is 1. The van der Waals surface area contributed by atoms with Crippen LogP contribution in [0.2, 0.25) is 0 Å². The fourth-order valence-corrected chi connectivity index (χ4v) is 4.87. The number of H-pyrrole nitrogens is 1. The largest absolute Gasteiger partial charge is 0.508 e. The summed E-state index contributed by atoms with van der Waals surface area (Å²) in [7, 11) is 0. The summed E-state index contributed by atoms with van der Waals surface area (Å²) in [5, 5.41) is 24.4. The quantitative estimate of drug-likeness (QED) is 0.241. The third kappa shape index (κ3) is 4.33. The monoisotopic (exact) mass is 502 g/mol. The van der Waals surface area contributed by atoms with E-state index >= 15 is 0 Å². The molecule has 5 rings (SSSR count). The number of furan rings is 1. The third-order valence-electron chi connectivity index (χ3n) is 6.95. The Morgan fingerprint density at radius 2 is 1.84 bits per heavy atom. The number of aliphatic carboxylic acids is 1. The van der Waals surface area contributed by atoms with Gasteiger partial charge < -0.3 is 29.3 Å². The van der Waals surface area contributed by atoms with E-state index < -0.39 is 23.5 Å². The maximum atomic E-state index is 12.8. The predicted octanol–water partition coefficient (Wildman–Crippen LogP) is 4.40. The molecular weight excluding hydrogens is 476 g/mol. The number of rotatable bonds is 7. The second kappa shape index (κ2) is 9.16. The third-order valence-corrected chi connectivity index (χ3v) is 6.95. The van der Waals surface area contributed by atoms with Crippen molar-refractivity contribution in [3.8, 4) is 5.75 Å². The second-order valence-corrected chi connectivity index (χ2v) is 9.37. The molecule has 190 valence electrons. The molecule has 5 aromatic rings. The van der Waals surface area contributed by atoms with E-state index in [2.05, 4.69) is 10.3 Å². The van der Waals surface area contributed by atoms with Gasteiger partial charge in [0.2, 0.25) is 5.91 Å². The number of carbonyl (C=O) groups is 2. The van der Waals surface area contributed by atoms with Crippen molar-refractivity contribution in [2.75, 3.05) is 0 Å². The standard InChI is InChI=1S/C28H26N2O7/c1-13-12-36-25-15(3)26-20(10-19(13)25)14(2)18(28(35)37-26)5-7-24(32)30-23(27(33)34)8-16-11-29-22-6-4-17(31)9-21(16)22/h4,6,9-12,23,29,31H,5,7-8H2,1-3H3,(H,30,32)(H,33,34). The average Bonchev–Trinajstić information content (AvgIpc) is 3.42. The molecule has 0 fully saturated rings. The van der Waals surface area contributed by atoms with Crippen molar-refractivity contribution in [1.29, 1.82) is 0 Å². The fraction of sp³-hybridized carbons (Fsp3) is 0.250. The Labute approximate surface area is 210 Å². The minimum absolute atomic E-state index is 0.0288. The molecular formula is C28H26N2O7. The number of carboxylic acid groups (broad SMARTS) is 1. The maximum absolute atomic E-state index is 12.8. The van der Waals surface area contributed by atoms with Gasteiger partial charge in [0.15, 0.2) is 0 Å². The van der Waals surface area contributed by atoms with Crippen LogP contribution in [0.25, 0.3) is 32.8 Å². The molecule has 4 N–H and O–H groups in total. The van der Waals surface area contributed by atoms with Crippen LogP contribution >= 0.6 is 0 Å². The molecule has 0 radical (unpaired) electrons. The summed E-state index contributed by atoms with van der Waals surface area (Å²) >= 11 is 0. The van der Waals surface area contributed by atoms with Crippen LogP contribution in [-0.4, -0.2) is 33.1 Å². The number of aromatic nitrogens is 1. The van der Waals surface area contributed by atoms with Gasteiger partial charge in [0.1, 0.15) is 23.0 Å². The Balaban J connectivity index is 1.35. The van der Waals surface area contributed by atoms with Gasteiger partial charge in [-0.05, 0) is 68.1 Å². The Bertz CT molecular complexity index is 1760. The normalized spacial score (nSPS) is 12.4. The van der Waals surface area contributed by atoms with Gasteiger partial charge in [-0.15, -0.1) is 0 Å². The number of aryl methyl sites for hydroxylation is 3.